The van der Waals surface area contributed by atoms with Gasteiger partial charge in [-0.05, 0) is 19.1 Å². The number of hydrogen-bond acceptors (Lipinski definition) is 2. The summed E-state index contributed by atoms with van der Waals surface area (Å²) < 4.78 is 0. The van der Waals surface area contributed by atoms with Crippen LogP contribution in [0.4, 0.5) is 0 Å². The Morgan fingerprint density at radius 2 is 2.45 bits per heavy atom. The highest BCUT2D eigenvalue weighted by Gasteiger charge is 1.89. The number of aldehydes is 1. The molecule has 0 aliphatic carbocycles. The molecule has 0 atom stereocenters. The molecule has 0 aliphatic rings. The molecule has 11 heavy (non-hydrogen) atoms. The van der Waals surface area contributed by atoms with Crippen LogP contribution in [-0.4, -0.2) is 6.29 Å². The molecule has 0 amide bonds. The maximum Gasteiger partial charge on any atom is 0.131 e. The minimum atomic E-state index is 0.330. The Hall–Kier alpha value is -1.07. The van der Waals surface area contributed by atoms with Crippen molar-refractivity contribution in [1.29, 1.82) is 0 Å². The second-order valence-electron chi connectivity index (χ2n) is 2.08. The molecule has 1 rings (SSSR count). The van der Waals surface area contributed by atoms with E-state index in [0.29, 0.717) is 6.42 Å². The molecule has 0 saturated heterocycles. The molecule has 0 aromatic carbocycles. The average Bonchev–Trinajstić information content (AvgIpc) is 2.37. The van der Waals surface area contributed by atoms with Gasteiger partial charge in [-0.25, -0.2) is 0 Å². The van der Waals surface area contributed by atoms with Gasteiger partial charge in [0.2, 0.25) is 0 Å². The van der Waals surface area contributed by atoms with Crippen LogP contribution in [0.25, 0.3) is 0 Å². The molecule has 0 N–H and O–H groups in total. The fourth-order valence-electron chi connectivity index (χ4n) is 0.682. The van der Waals surface area contributed by atoms with Crippen LogP contribution in [0.1, 0.15) is 16.2 Å². The van der Waals surface area contributed by atoms with Gasteiger partial charge >= 0.3 is 0 Å². The van der Waals surface area contributed by atoms with Crippen LogP contribution in [0.5, 0.6) is 0 Å². The van der Waals surface area contributed by atoms with E-state index < -0.39 is 0 Å². The topological polar surface area (TPSA) is 17.1 Å². The van der Waals surface area contributed by atoms with Gasteiger partial charge < -0.3 is 4.79 Å². The zero-order chi connectivity index (χ0) is 8.10. The van der Waals surface area contributed by atoms with E-state index in [2.05, 4.69) is 11.8 Å². The minimum absolute atomic E-state index is 0.330. The summed E-state index contributed by atoms with van der Waals surface area (Å²) in [6.07, 6.45) is 1.14. The van der Waals surface area contributed by atoms with E-state index in [1.54, 1.807) is 11.3 Å². The van der Waals surface area contributed by atoms with Gasteiger partial charge in [-0.1, -0.05) is 11.8 Å². The van der Waals surface area contributed by atoms with Crippen molar-refractivity contribution in [3.63, 3.8) is 0 Å². The summed E-state index contributed by atoms with van der Waals surface area (Å²) in [5.41, 5.74) is 0. The number of aryl methyl sites for hydroxylation is 1. The Labute approximate surface area is 70.1 Å². The SMILES string of the molecule is Cc1ccc(C#CCC=O)s1. The highest BCUT2D eigenvalue weighted by molar-refractivity contribution is 7.12. The molecule has 0 spiro atoms. The number of carbonyl (C=O) groups excluding carboxylic acids is 1. The van der Waals surface area contributed by atoms with Crippen LogP contribution >= 0.6 is 11.3 Å². The van der Waals surface area contributed by atoms with Crippen molar-refractivity contribution < 1.29 is 4.79 Å². The van der Waals surface area contributed by atoms with Crippen molar-refractivity contribution in [3.05, 3.63) is 21.9 Å². The Morgan fingerprint density at radius 1 is 1.64 bits per heavy atom. The monoisotopic (exact) mass is 164 g/mol. The predicted molar refractivity (Wildman–Crippen MR) is 46.6 cm³/mol. The van der Waals surface area contributed by atoms with E-state index in [4.69, 9.17) is 0 Å². The Balaban J connectivity index is 2.65. The first-order chi connectivity index (χ1) is 5.33. The smallest absolute Gasteiger partial charge is 0.131 e. The minimum Gasteiger partial charge on any atom is -0.302 e. The lowest BCUT2D eigenvalue weighted by atomic mass is 10.4. The average molecular weight is 164 g/mol. The molecule has 1 aromatic heterocycles. The number of hydrogen-bond donors (Lipinski definition) is 0. The molecule has 2 heteroatoms. The maximum absolute atomic E-state index is 9.90. The molecule has 1 aromatic rings. The van der Waals surface area contributed by atoms with E-state index in [9.17, 15) is 4.79 Å². The van der Waals surface area contributed by atoms with Gasteiger partial charge in [0.15, 0.2) is 0 Å². The fraction of sp³-hybridized carbons (Fsp3) is 0.222. The number of carbonyl (C=O) groups is 1. The number of rotatable bonds is 1. The van der Waals surface area contributed by atoms with Crippen molar-refractivity contribution in [2.24, 2.45) is 0 Å². The summed E-state index contributed by atoms with van der Waals surface area (Å²) >= 11 is 1.65. The Kier molecular flexibility index (Phi) is 2.88. The Morgan fingerprint density at radius 3 is 3.00 bits per heavy atom. The summed E-state index contributed by atoms with van der Waals surface area (Å²) in [4.78, 5) is 12.2. The second-order valence-corrected chi connectivity index (χ2v) is 3.37. The van der Waals surface area contributed by atoms with E-state index >= 15 is 0 Å². The lowest BCUT2D eigenvalue weighted by Gasteiger charge is -1.75. The van der Waals surface area contributed by atoms with E-state index in [-0.39, 0.29) is 0 Å². The zero-order valence-electron chi connectivity index (χ0n) is 6.26. The summed E-state index contributed by atoms with van der Waals surface area (Å²) in [5, 5.41) is 0. The first-order valence-corrected chi connectivity index (χ1v) is 4.13. The van der Waals surface area contributed by atoms with E-state index in [1.165, 1.54) is 4.88 Å². The van der Waals surface area contributed by atoms with Crippen molar-refractivity contribution in [2.45, 2.75) is 13.3 Å². The van der Waals surface area contributed by atoms with Crippen LogP contribution in [-0.2, 0) is 4.79 Å². The third-order valence-electron chi connectivity index (χ3n) is 1.14. The largest absolute Gasteiger partial charge is 0.302 e. The lowest BCUT2D eigenvalue weighted by molar-refractivity contribution is -0.107. The van der Waals surface area contributed by atoms with Crippen molar-refractivity contribution in [1.82, 2.24) is 0 Å². The predicted octanol–water partition coefficient (Wildman–Crippen LogP) is 2.00. The summed E-state index contributed by atoms with van der Waals surface area (Å²) in [7, 11) is 0. The maximum atomic E-state index is 9.90. The van der Waals surface area contributed by atoms with Crippen LogP contribution in [0.3, 0.4) is 0 Å². The lowest BCUT2D eigenvalue weighted by Crippen LogP contribution is -1.66. The molecule has 0 unspecified atom stereocenters. The zero-order valence-corrected chi connectivity index (χ0v) is 7.07. The highest BCUT2D eigenvalue weighted by atomic mass is 32.1. The van der Waals surface area contributed by atoms with Crippen molar-refractivity contribution >= 4 is 17.6 Å². The van der Waals surface area contributed by atoms with Gasteiger partial charge in [-0.15, -0.1) is 11.3 Å². The van der Waals surface area contributed by atoms with Gasteiger partial charge in [-0.2, -0.15) is 0 Å². The molecule has 1 nitrogen and oxygen atoms in total. The van der Waals surface area contributed by atoms with E-state index in [1.807, 2.05) is 19.1 Å². The van der Waals surface area contributed by atoms with Gasteiger partial charge in [0, 0.05) is 4.88 Å². The van der Waals surface area contributed by atoms with Crippen LogP contribution < -0.4 is 0 Å². The molecular formula is C9H8OS. The molecule has 0 radical (unpaired) electrons. The van der Waals surface area contributed by atoms with Crippen LogP contribution in [0, 0.1) is 18.8 Å². The van der Waals surface area contributed by atoms with Gasteiger partial charge in [-0.3, -0.25) is 0 Å². The molecular weight excluding hydrogens is 156 g/mol. The van der Waals surface area contributed by atoms with Gasteiger partial charge in [0.1, 0.15) is 6.29 Å². The first kappa shape index (κ1) is 8.03. The molecule has 0 aliphatic heterocycles. The molecule has 56 valence electrons. The highest BCUT2D eigenvalue weighted by Crippen LogP contribution is 2.12. The quantitative estimate of drug-likeness (QED) is 0.458. The second kappa shape index (κ2) is 3.95. The number of thiophene rings is 1. The van der Waals surface area contributed by atoms with E-state index in [0.717, 1.165) is 11.2 Å². The van der Waals surface area contributed by atoms with Crippen LogP contribution in [0.15, 0.2) is 12.1 Å². The standard InChI is InChI=1S/C9H8OS/c1-8-5-6-9(11-8)4-2-3-7-10/h5-7H,3H2,1H3. The van der Waals surface area contributed by atoms with Crippen LogP contribution in [0.2, 0.25) is 0 Å². The fourth-order valence-corrected chi connectivity index (χ4v) is 1.42. The molecule has 0 saturated carbocycles. The summed E-state index contributed by atoms with van der Waals surface area (Å²) in [6, 6.07) is 3.99. The molecule has 0 bridgehead atoms. The summed E-state index contributed by atoms with van der Waals surface area (Å²) in [6.45, 7) is 2.04. The molecule has 0 fully saturated rings. The third kappa shape index (κ3) is 2.57. The first-order valence-electron chi connectivity index (χ1n) is 3.32. The van der Waals surface area contributed by atoms with Crippen molar-refractivity contribution in [3.8, 4) is 11.8 Å². The van der Waals surface area contributed by atoms with Crippen molar-refractivity contribution in [2.75, 3.05) is 0 Å². The van der Waals surface area contributed by atoms with Gasteiger partial charge in [0.05, 0.1) is 11.3 Å². The Bertz CT molecular complexity index is 301. The molecule has 1 heterocycles. The summed E-state index contributed by atoms with van der Waals surface area (Å²) in [5.74, 6) is 5.66. The normalized spacial score (nSPS) is 8.45. The van der Waals surface area contributed by atoms with Gasteiger partial charge in [0.25, 0.3) is 0 Å². The third-order valence-corrected chi connectivity index (χ3v) is 2.05.